The van der Waals surface area contributed by atoms with Gasteiger partial charge in [-0.2, -0.15) is 0 Å². The van der Waals surface area contributed by atoms with E-state index < -0.39 is 0 Å². The van der Waals surface area contributed by atoms with Crippen LogP contribution in [0.2, 0.25) is 0 Å². The maximum Gasteiger partial charge on any atom is 0.248 e. The Morgan fingerprint density at radius 1 is 1.35 bits per heavy atom. The Balaban J connectivity index is 2.37. The van der Waals surface area contributed by atoms with Crippen LogP contribution in [0.3, 0.4) is 0 Å². The highest BCUT2D eigenvalue weighted by molar-refractivity contribution is 5.77. The van der Waals surface area contributed by atoms with E-state index >= 15 is 0 Å². The molecule has 0 saturated heterocycles. The van der Waals surface area contributed by atoms with Crippen LogP contribution in [-0.4, -0.2) is 36.6 Å². The number of amides is 1. The van der Waals surface area contributed by atoms with Crippen molar-refractivity contribution in [2.75, 3.05) is 13.7 Å². The summed E-state index contributed by atoms with van der Waals surface area (Å²) in [4.78, 5) is 13.8. The molecule has 0 spiro atoms. The Morgan fingerprint density at radius 3 is 2.35 bits per heavy atom. The van der Waals surface area contributed by atoms with Gasteiger partial charge in [-0.05, 0) is 44.9 Å². The van der Waals surface area contributed by atoms with Gasteiger partial charge >= 0.3 is 0 Å². The molecule has 3 nitrogen and oxygen atoms in total. The number of ether oxygens (including phenoxy) is 1. The molecule has 0 N–H and O–H groups in total. The molecule has 1 fully saturated rings. The number of likely N-dealkylation sites (N-methyl/N-ethyl adjacent to an activating group) is 1. The topological polar surface area (TPSA) is 29.5 Å². The third kappa shape index (κ3) is 4.66. The van der Waals surface area contributed by atoms with Crippen LogP contribution in [0, 0.1) is 5.41 Å². The van der Waals surface area contributed by atoms with Crippen molar-refractivity contribution in [3.05, 3.63) is 0 Å². The van der Waals surface area contributed by atoms with Gasteiger partial charge in [0.25, 0.3) is 0 Å². The molecule has 1 amide bonds. The van der Waals surface area contributed by atoms with Gasteiger partial charge in [0.15, 0.2) is 0 Å². The fraction of sp³-hybridized carbons (Fsp3) is 0.929. The fourth-order valence-corrected chi connectivity index (χ4v) is 2.31. The number of carbonyl (C=O) groups excluding carboxylic acids is 1. The lowest BCUT2D eigenvalue weighted by molar-refractivity contribution is -0.139. The molecule has 1 aliphatic carbocycles. The monoisotopic (exact) mass is 241 g/mol. The zero-order valence-corrected chi connectivity index (χ0v) is 12.0. The standard InChI is InChI=1S/C14H27NO2/c1-11(2)17-10-13(16)15(5)12-6-8-14(3,4)9-7-12/h11-12H,6-10H2,1-5H3. The molecule has 0 atom stereocenters. The second-order valence-corrected chi connectivity index (χ2v) is 6.26. The highest BCUT2D eigenvalue weighted by Crippen LogP contribution is 2.36. The molecule has 0 aromatic heterocycles. The SMILES string of the molecule is CC(C)OCC(=O)N(C)C1CCC(C)(C)CC1. The normalized spacial score (nSPS) is 20.6. The molecule has 0 aromatic rings. The predicted molar refractivity (Wildman–Crippen MR) is 69.9 cm³/mol. The molecule has 1 rings (SSSR count). The molecule has 0 heterocycles. The van der Waals surface area contributed by atoms with Crippen LogP contribution >= 0.6 is 0 Å². The van der Waals surface area contributed by atoms with E-state index in [1.165, 1.54) is 12.8 Å². The summed E-state index contributed by atoms with van der Waals surface area (Å²) in [7, 11) is 1.91. The van der Waals surface area contributed by atoms with Gasteiger partial charge in [0.1, 0.15) is 6.61 Å². The Hall–Kier alpha value is -0.570. The van der Waals surface area contributed by atoms with Crippen molar-refractivity contribution in [1.29, 1.82) is 0 Å². The lowest BCUT2D eigenvalue weighted by Gasteiger charge is -2.38. The minimum absolute atomic E-state index is 0.114. The van der Waals surface area contributed by atoms with Crippen molar-refractivity contribution in [3.63, 3.8) is 0 Å². The smallest absolute Gasteiger partial charge is 0.248 e. The van der Waals surface area contributed by atoms with Crippen LogP contribution in [-0.2, 0) is 9.53 Å². The number of carbonyl (C=O) groups is 1. The van der Waals surface area contributed by atoms with Crippen LogP contribution in [0.5, 0.6) is 0 Å². The summed E-state index contributed by atoms with van der Waals surface area (Å²) in [6.07, 6.45) is 4.78. The molecule has 0 bridgehead atoms. The number of nitrogens with zero attached hydrogens (tertiary/aromatic N) is 1. The molecule has 3 heteroatoms. The molecular formula is C14H27NO2. The summed E-state index contributed by atoms with van der Waals surface area (Å²) in [5.41, 5.74) is 0.453. The van der Waals surface area contributed by atoms with Crippen LogP contribution in [0.25, 0.3) is 0 Å². The van der Waals surface area contributed by atoms with Crippen molar-refractivity contribution >= 4 is 5.91 Å². The summed E-state index contributed by atoms with van der Waals surface area (Å²) in [6, 6.07) is 0.409. The van der Waals surface area contributed by atoms with Crippen molar-refractivity contribution in [2.24, 2.45) is 5.41 Å². The van der Waals surface area contributed by atoms with Crippen molar-refractivity contribution in [1.82, 2.24) is 4.90 Å². The Bertz CT molecular complexity index is 251. The summed E-state index contributed by atoms with van der Waals surface area (Å²) in [5.74, 6) is 0.114. The molecule has 0 aromatic carbocycles. The maximum absolute atomic E-state index is 11.9. The highest BCUT2D eigenvalue weighted by Gasteiger charge is 2.30. The first-order valence-electron chi connectivity index (χ1n) is 6.69. The van der Waals surface area contributed by atoms with E-state index in [0.29, 0.717) is 11.5 Å². The van der Waals surface area contributed by atoms with Gasteiger partial charge in [-0.15, -0.1) is 0 Å². The quantitative estimate of drug-likeness (QED) is 0.757. The van der Waals surface area contributed by atoms with Gasteiger partial charge in [0, 0.05) is 13.1 Å². The average Bonchev–Trinajstić information content (AvgIpc) is 2.25. The molecule has 17 heavy (non-hydrogen) atoms. The maximum atomic E-state index is 11.9. The molecule has 100 valence electrons. The average molecular weight is 241 g/mol. The van der Waals surface area contributed by atoms with Gasteiger partial charge in [-0.3, -0.25) is 4.79 Å². The minimum Gasteiger partial charge on any atom is -0.369 e. The van der Waals surface area contributed by atoms with E-state index in [4.69, 9.17) is 4.74 Å². The molecular weight excluding hydrogens is 214 g/mol. The van der Waals surface area contributed by atoms with Gasteiger partial charge < -0.3 is 9.64 Å². The van der Waals surface area contributed by atoms with Crippen LogP contribution in [0.4, 0.5) is 0 Å². The van der Waals surface area contributed by atoms with Gasteiger partial charge in [0.2, 0.25) is 5.91 Å². The molecule has 0 aliphatic heterocycles. The number of hydrogen-bond acceptors (Lipinski definition) is 2. The van der Waals surface area contributed by atoms with Crippen molar-refractivity contribution in [3.8, 4) is 0 Å². The first kappa shape index (κ1) is 14.5. The largest absolute Gasteiger partial charge is 0.369 e. The summed E-state index contributed by atoms with van der Waals surface area (Å²) in [6.45, 7) is 8.75. The van der Waals surface area contributed by atoms with Gasteiger partial charge in [-0.1, -0.05) is 13.8 Å². The number of hydrogen-bond donors (Lipinski definition) is 0. The lowest BCUT2D eigenvalue weighted by atomic mass is 9.75. The van der Waals surface area contributed by atoms with Crippen LogP contribution in [0.15, 0.2) is 0 Å². The first-order valence-corrected chi connectivity index (χ1v) is 6.69. The summed E-state index contributed by atoms with van der Waals surface area (Å²) in [5, 5.41) is 0. The summed E-state index contributed by atoms with van der Waals surface area (Å²) >= 11 is 0. The lowest BCUT2D eigenvalue weighted by Crippen LogP contribution is -2.42. The number of rotatable bonds is 4. The van der Waals surface area contributed by atoms with E-state index in [1.807, 2.05) is 25.8 Å². The van der Waals surface area contributed by atoms with Crippen molar-refractivity contribution in [2.45, 2.75) is 65.5 Å². The Morgan fingerprint density at radius 2 is 1.88 bits per heavy atom. The van der Waals surface area contributed by atoms with Crippen LogP contribution in [0.1, 0.15) is 53.4 Å². The van der Waals surface area contributed by atoms with Gasteiger partial charge in [0.05, 0.1) is 6.10 Å². The second kappa shape index (κ2) is 5.85. The zero-order chi connectivity index (χ0) is 13.1. The first-order chi connectivity index (χ1) is 7.82. The molecule has 1 saturated carbocycles. The second-order valence-electron chi connectivity index (χ2n) is 6.26. The van der Waals surface area contributed by atoms with E-state index in [1.54, 1.807) is 0 Å². The van der Waals surface area contributed by atoms with E-state index in [0.717, 1.165) is 12.8 Å². The highest BCUT2D eigenvalue weighted by atomic mass is 16.5. The summed E-state index contributed by atoms with van der Waals surface area (Å²) < 4.78 is 5.37. The van der Waals surface area contributed by atoms with Crippen LogP contribution < -0.4 is 0 Å². The molecule has 0 radical (unpaired) electrons. The van der Waals surface area contributed by atoms with E-state index in [2.05, 4.69) is 13.8 Å². The van der Waals surface area contributed by atoms with Crippen molar-refractivity contribution < 1.29 is 9.53 Å². The van der Waals surface area contributed by atoms with Gasteiger partial charge in [-0.25, -0.2) is 0 Å². The van der Waals surface area contributed by atoms with E-state index in [9.17, 15) is 4.79 Å². The predicted octanol–water partition coefficient (Wildman–Crippen LogP) is 2.84. The third-order valence-corrected chi connectivity index (χ3v) is 3.79. The van der Waals surface area contributed by atoms with E-state index in [-0.39, 0.29) is 18.6 Å². The third-order valence-electron chi connectivity index (χ3n) is 3.79. The minimum atomic E-state index is 0.114. The zero-order valence-electron chi connectivity index (χ0n) is 12.0. The Labute approximate surface area is 106 Å². The molecule has 0 unspecified atom stereocenters. The fourth-order valence-electron chi connectivity index (χ4n) is 2.31. The molecule has 1 aliphatic rings. The Kier molecular flexibility index (Phi) is 4.99.